The van der Waals surface area contributed by atoms with Crippen LogP contribution in [0.15, 0.2) is 28.6 Å². The molecule has 1 aromatic heterocycles. The maximum atomic E-state index is 14.3. The first-order chi connectivity index (χ1) is 13.7. The van der Waals surface area contributed by atoms with E-state index in [1.54, 1.807) is 12.3 Å². The molecule has 0 unspecified atom stereocenters. The highest BCUT2D eigenvalue weighted by Gasteiger charge is 2.11. The Labute approximate surface area is 179 Å². The molecule has 2 heterocycles. The van der Waals surface area contributed by atoms with E-state index in [9.17, 15) is 4.39 Å². The van der Waals surface area contributed by atoms with Crippen molar-refractivity contribution in [3.63, 3.8) is 0 Å². The first kappa shape index (κ1) is 21.6. The molecule has 9 heteroatoms. The van der Waals surface area contributed by atoms with Gasteiger partial charge in [-0.2, -0.15) is 0 Å². The Morgan fingerprint density at radius 1 is 1.29 bits per heavy atom. The molecular formula is C19H27ClFN5S2. The van der Waals surface area contributed by atoms with Gasteiger partial charge in [-0.3, -0.25) is 0 Å². The highest BCUT2D eigenvalue weighted by molar-refractivity contribution is 8.00. The summed E-state index contributed by atoms with van der Waals surface area (Å²) in [7, 11) is 0. The van der Waals surface area contributed by atoms with Gasteiger partial charge in [0.15, 0.2) is 5.13 Å². The van der Waals surface area contributed by atoms with Gasteiger partial charge in [0.05, 0.1) is 15.6 Å². The van der Waals surface area contributed by atoms with E-state index in [1.807, 2.05) is 5.38 Å². The average Bonchev–Trinajstić information content (AvgIpc) is 3.08. The van der Waals surface area contributed by atoms with Gasteiger partial charge in [0.2, 0.25) is 0 Å². The van der Waals surface area contributed by atoms with E-state index in [0.717, 1.165) is 44.2 Å². The third kappa shape index (κ3) is 7.08. The molecule has 28 heavy (non-hydrogen) atoms. The molecule has 5 nitrogen and oxygen atoms in total. The molecule has 1 aromatic carbocycles. The standard InChI is InChI=1S/C19H27ClFN5S2/c20-15-11-18(28-26-19-25-9-10-27-19)16(21)12-17(15)24-8-4-3-7-23-14-5-1-2-6-22-13-14/h9-12,14,22-24H,1-8,13H2,(H,25,26)/t14-/m0/s1. The molecule has 1 fully saturated rings. The van der Waals surface area contributed by atoms with Crippen molar-refractivity contribution in [3.05, 3.63) is 34.5 Å². The number of hydrogen-bond donors (Lipinski definition) is 4. The summed E-state index contributed by atoms with van der Waals surface area (Å²) >= 11 is 8.95. The Morgan fingerprint density at radius 3 is 3.04 bits per heavy atom. The van der Waals surface area contributed by atoms with Gasteiger partial charge in [0.1, 0.15) is 5.82 Å². The lowest BCUT2D eigenvalue weighted by Gasteiger charge is -2.16. The molecule has 0 bridgehead atoms. The molecule has 1 atom stereocenters. The van der Waals surface area contributed by atoms with Crippen molar-refractivity contribution in [3.8, 4) is 0 Å². The van der Waals surface area contributed by atoms with Crippen molar-refractivity contribution < 1.29 is 4.39 Å². The van der Waals surface area contributed by atoms with Crippen LogP contribution >= 0.6 is 34.9 Å². The minimum absolute atomic E-state index is 0.302. The minimum atomic E-state index is -0.302. The van der Waals surface area contributed by atoms with Gasteiger partial charge in [-0.1, -0.05) is 18.0 Å². The van der Waals surface area contributed by atoms with E-state index in [-0.39, 0.29) is 5.82 Å². The predicted octanol–water partition coefficient (Wildman–Crippen LogP) is 4.98. The zero-order valence-corrected chi connectivity index (χ0v) is 18.2. The summed E-state index contributed by atoms with van der Waals surface area (Å²) in [6.07, 6.45) is 7.61. The van der Waals surface area contributed by atoms with E-state index in [1.165, 1.54) is 48.6 Å². The number of thiazole rings is 1. The fraction of sp³-hybridized carbons (Fsp3) is 0.526. The van der Waals surface area contributed by atoms with Crippen molar-refractivity contribution in [1.82, 2.24) is 15.6 Å². The number of nitrogens with zero attached hydrogens (tertiary/aromatic N) is 1. The Balaban J connectivity index is 1.36. The fourth-order valence-corrected chi connectivity index (χ4v) is 4.66. The van der Waals surface area contributed by atoms with Gasteiger partial charge < -0.3 is 20.7 Å². The molecule has 0 spiro atoms. The second kappa shape index (κ2) is 11.8. The van der Waals surface area contributed by atoms with Crippen LogP contribution in [0.5, 0.6) is 0 Å². The van der Waals surface area contributed by atoms with Gasteiger partial charge in [-0.25, -0.2) is 9.37 Å². The largest absolute Gasteiger partial charge is 0.384 e. The number of aromatic nitrogens is 1. The molecule has 1 aliphatic heterocycles. The molecule has 0 aliphatic carbocycles. The monoisotopic (exact) mass is 443 g/mol. The summed E-state index contributed by atoms with van der Waals surface area (Å²) in [6.45, 7) is 3.98. The van der Waals surface area contributed by atoms with Gasteiger partial charge in [-0.05, 0) is 62.9 Å². The van der Waals surface area contributed by atoms with Crippen LogP contribution in [0.2, 0.25) is 5.02 Å². The van der Waals surface area contributed by atoms with Crippen LogP contribution in [0.3, 0.4) is 0 Å². The number of hydrogen-bond acceptors (Lipinski definition) is 7. The summed E-state index contributed by atoms with van der Waals surface area (Å²) in [5, 5.41) is 13.5. The maximum Gasteiger partial charge on any atom is 0.192 e. The third-order valence-corrected chi connectivity index (χ3v) is 6.56. The molecule has 1 saturated heterocycles. The normalized spacial score (nSPS) is 17.3. The molecule has 1 aliphatic rings. The van der Waals surface area contributed by atoms with Gasteiger partial charge in [0.25, 0.3) is 0 Å². The van der Waals surface area contributed by atoms with E-state index in [0.29, 0.717) is 21.6 Å². The lowest BCUT2D eigenvalue weighted by molar-refractivity contribution is 0.467. The molecule has 0 radical (unpaired) electrons. The van der Waals surface area contributed by atoms with Crippen molar-refractivity contribution in [2.75, 3.05) is 36.2 Å². The summed E-state index contributed by atoms with van der Waals surface area (Å²) < 4.78 is 17.4. The van der Waals surface area contributed by atoms with Crippen molar-refractivity contribution >= 4 is 45.7 Å². The van der Waals surface area contributed by atoms with Crippen LogP contribution in [0.4, 0.5) is 15.2 Å². The summed E-state index contributed by atoms with van der Waals surface area (Å²) in [4.78, 5) is 4.56. The Hall–Kier alpha value is -1.06. The molecule has 4 N–H and O–H groups in total. The first-order valence-corrected chi connectivity index (χ1v) is 11.8. The second-order valence-corrected chi connectivity index (χ2v) is 8.94. The van der Waals surface area contributed by atoms with Crippen LogP contribution in [0.1, 0.15) is 32.1 Å². The van der Waals surface area contributed by atoms with Crippen LogP contribution in [0, 0.1) is 5.82 Å². The number of rotatable bonds is 10. The molecule has 0 amide bonds. The zero-order valence-electron chi connectivity index (χ0n) is 15.8. The zero-order chi connectivity index (χ0) is 19.6. The molecular weight excluding hydrogens is 417 g/mol. The summed E-state index contributed by atoms with van der Waals surface area (Å²) in [5.74, 6) is -0.302. The minimum Gasteiger partial charge on any atom is -0.384 e. The van der Waals surface area contributed by atoms with Crippen LogP contribution in [-0.2, 0) is 0 Å². The predicted molar refractivity (Wildman–Crippen MR) is 119 cm³/mol. The lowest BCUT2D eigenvalue weighted by atomic mass is 10.1. The highest BCUT2D eigenvalue weighted by Crippen LogP contribution is 2.32. The smallest absolute Gasteiger partial charge is 0.192 e. The van der Waals surface area contributed by atoms with Crippen LogP contribution < -0.4 is 20.7 Å². The number of unbranched alkanes of at least 4 members (excludes halogenated alkanes) is 1. The van der Waals surface area contributed by atoms with Crippen LogP contribution in [-0.4, -0.2) is 37.2 Å². The fourth-order valence-electron chi connectivity index (χ4n) is 3.09. The second-order valence-electron chi connectivity index (χ2n) is 6.79. The Morgan fingerprint density at radius 2 is 2.18 bits per heavy atom. The van der Waals surface area contributed by atoms with Gasteiger partial charge in [0, 0.05) is 30.7 Å². The van der Waals surface area contributed by atoms with E-state index < -0.39 is 0 Å². The number of benzene rings is 1. The van der Waals surface area contributed by atoms with Gasteiger partial charge in [-0.15, -0.1) is 11.3 Å². The Kier molecular flexibility index (Phi) is 9.14. The quantitative estimate of drug-likeness (QED) is 0.307. The molecule has 2 aromatic rings. The van der Waals surface area contributed by atoms with Crippen LogP contribution in [0.25, 0.3) is 0 Å². The number of nitrogens with one attached hydrogen (secondary N) is 4. The SMILES string of the molecule is Fc1cc(NCCCCN[C@H]2CCCCNC2)c(Cl)cc1SNc1nccs1. The molecule has 3 rings (SSSR count). The molecule has 154 valence electrons. The Bertz CT molecular complexity index is 709. The third-order valence-electron chi connectivity index (χ3n) is 4.60. The first-order valence-electron chi connectivity index (χ1n) is 9.72. The topological polar surface area (TPSA) is 61.0 Å². The van der Waals surface area contributed by atoms with E-state index >= 15 is 0 Å². The lowest BCUT2D eigenvalue weighted by Crippen LogP contribution is -2.37. The van der Waals surface area contributed by atoms with Crippen molar-refractivity contribution in [1.29, 1.82) is 0 Å². The number of anilines is 2. The average molecular weight is 444 g/mol. The maximum absolute atomic E-state index is 14.3. The van der Waals surface area contributed by atoms with Crippen molar-refractivity contribution in [2.24, 2.45) is 0 Å². The van der Waals surface area contributed by atoms with Crippen molar-refractivity contribution in [2.45, 2.75) is 43.0 Å². The number of halogens is 2. The summed E-state index contributed by atoms with van der Waals surface area (Å²) in [6, 6.07) is 3.69. The molecule has 0 saturated carbocycles. The van der Waals surface area contributed by atoms with E-state index in [2.05, 4.69) is 25.7 Å². The summed E-state index contributed by atoms with van der Waals surface area (Å²) in [5.41, 5.74) is 0.638. The van der Waals surface area contributed by atoms with Gasteiger partial charge >= 0.3 is 0 Å². The van der Waals surface area contributed by atoms with E-state index in [4.69, 9.17) is 11.6 Å². The highest BCUT2D eigenvalue weighted by atomic mass is 35.5.